The molecular weight excluding hydrogens is 330 g/mol. The first-order valence-electron chi connectivity index (χ1n) is 7.21. The van der Waals surface area contributed by atoms with Crippen molar-refractivity contribution >= 4 is 38.4 Å². The number of amides is 1. The van der Waals surface area contributed by atoms with Crippen molar-refractivity contribution in [1.29, 1.82) is 0 Å². The van der Waals surface area contributed by atoms with Crippen LogP contribution >= 0.6 is 15.9 Å². The molecule has 4 nitrogen and oxygen atoms in total. The molecule has 0 spiro atoms. The molecule has 2 heterocycles. The molecule has 1 atom stereocenters. The molecule has 5 heteroatoms. The Bertz CT molecular complexity index is 674. The smallest absolute Gasteiger partial charge is 0.217 e. The van der Waals surface area contributed by atoms with Crippen LogP contribution < -0.4 is 10.6 Å². The predicted molar refractivity (Wildman–Crippen MR) is 88.2 cm³/mol. The topological polar surface area (TPSA) is 59.2 Å². The highest BCUT2D eigenvalue weighted by molar-refractivity contribution is 9.10. The number of rotatable bonds is 3. The summed E-state index contributed by atoms with van der Waals surface area (Å²) in [5, 5.41) is 1.14. The molecule has 1 unspecified atom stereocenters. The number of hydrogen-bond acceptors (Lipinski definition) is 3. The molecule has 1 aromatic heterocycles. The van der Waals surface area contributed by atoms with Crippen LogP contribution in [0.1, 0.15) is 19.3 Å². The number of aromatic nitrogens is 1. The summed E-state index contributed by atoms with van der Waals surface area (Å²) < 4.78 is 1.01. The van der Waals surface area contributed by atoms with Gasteiger partial charge in [0, 0.05) is 41.3 Å². The minimum Gasteiger partial charge on any atom is -0.371 e. The number of halogens is 1. The Kier molecular flexibility index (Phi) is 4.10. The van der Waals surface area contributed by atoms with Crippen molar-refractivity contribution < 1.29 is 4.79 Å². The zero-order valence-electron chi connectivity index (χ0n) is 11.8. The predicted octanol–water partition coefficient (Wildman–Crippen LogP) is 3.09. The fourth-order valence-corrected chi connectivity index (χ4v) is 3.60. The Hall–Kier alpha value is -1.62. The van der Waals surface area contributed by atoms with Crippen molar-refractivity contribution in [3.63, 3.8) is 0 Å². The maximum atomic E-state index is 11.2. The third-order valence-corrected chi connectivity index (χ3v) is 4.69. The minimum absolute atomic E-state index is 0.204. The summed E-state index contributed by atoms with van der Waals surface area (Å²) in [4.78, 5) is 18.0. The number of para-hydroxylation sites is 1. The molecule has 1 aliphatic heterocycles. The summed E-state index contributed by atoms with van der Waals surface area (Å²) >= 11 is 3.56. The number of benzene rings is 1. The van der Waals surface area contributed by atoms with Crippen molar-refractivity contribution in [2.75, 3.05) is 18.0 Å². The van der Waals surface area contributed by atoms with Crippen LogP contribution in [0.5, 0.6) is 0 Å². The number of primary amides is 1. The van der Waals surface area contributed by atoms with Gasteiger partial charge in [0.1, 0.15) is 0 Å². The van der Waals surface area contributed by atoms with Crippen LogP contribution in [0.15, 0.2) is 34.9 Å². The van der Waals surface area contributed by atoms with E-state index in [4.69, 9.17) is 5.73 Å². The standard InChI is InChI=1S/C16H18BrN3O/c17-13-5-1-4-12-14(6-7-19-16(12)13)20-8-2-3-11(10-20)9-15(18)21/h1,4-7,11H,2-3,8-10H2,(H2,18,21). The summed E-state index contributed by atoms with van der Waals surface area (Å²) in [6.07, 6.45) is 4.49. The fraction of sp³-hybridized carbons (Fsp3) is 0.375. The van der Waals surface area contributed by atoms with Crippen LogP contribution in [0.2, 0.25) is 0 Å². The molecule has 3 rings (SSSR count). The monoisotopic (exact) mass is 347 g/mol. The molecule has 1 aliphatic rings. The van der Waals surface area contributed by atoms with E-state index < -0.39 is 0 Å². The van der Waals surface area contributed by atoms with E-state index in [0.717, 1.165) is 41.3 Å². The Balaban J connectivity index is 1.93. The van der Waals surface area contributed by atoms with Crippen LogP contribution in [0.25, 0.3) is 10.9 Å². The Morgan fingerprint density at radius 3 is 3.10 bits per heavy atom. The van der Waals surface area contributed by atoms with E-state index >= 15 is 0 Å². The van der Waals surface area contributed by atoms with E-state index in [0.29, 0.717) is 12.3 Å². The van der Waals surface area contributed by atoms with Crippen molar-refractivity contribution in [2.45, 2.75) is 19.3 Å². The lowest BCUT2D eigenvalue weighted by Crippen LogP contribution is -2.37. The number of pyridine rings is 1. The number of fused-ring (bicyclic) bond motifs is 1. The van der Waals surface area contributed by atoms with Crippen molar-refractivity contribution in [2.24, 2.45) is 11.7 Å². The van der Waals surface area contributed by atoms with Gasteiger partial charge in [-0.3, -0.25) is 9.78 Å². The van der Waals surface area contributed by atoms with Gasteiger partial charge in [-0.05, 0) is 46.8 Å². The number of nitrogens with zero attached hydrogens (tertiary/aromatic N) is 2. The second-order valence-electron chi connectivity index (χ2n) is 5.59. The zero-order chi connectivity index (χ0) is 14.8. The molecule has 2 aromatic rings. The average molecular weight is 348 g/mol. The third kappa shape index (κ3) is 3.02. The Morgan fingerprint density at radius 2 is 2.29 bits per heavy atom. The molecular formula is C16H18BrN3O. The van der Waals surface area contributed by atoms with E-state index in [2.05, 4.69) is 37.9 Å². The molecule has 1 amide bonds. The SMILES string of the molecule is NC(=O)CC1CCCN(c2ccnc3c(Br)cccc23)C1. The number of hydrogen-bond donors (Lipinski definition) is 1. The van der Waals surface area contributed by atoms with Gasteiger partial charge in [-0.2, -0.15) is 0 Å². The molecule has 0 radical (unpaired) electrons. The first-order valence-corrected chi connectivity index (χ1v) is 8.01. The second kappa shape index (κ2) is 6.02. The van der Waals surface area contributed by atoms with Crippen LogP contribution in [-0.4, -0.2) is 24.0 Å². The molecule has 0 saturated carbocycles. The van der Waals surface area contributed by atoms with E-state index in [1.165, 1.54) is 5.69 Å². The molecule has 2 N–H and O–H groups in total. The number of carbonyl (C=O) groups excluding carboxylic acids is 1. The van der Waals surface area contributed by atoms with Crippen LogP contribution in [0.4, 0.5) is 5.69 Å². The largest absolute Gasteiger partial charge is 0.371 e. The minimum atomic E-state index is -0.204. The van der Waals surface area contributed by atoms with Gasteiger partial charge < -0.3 is 10.6 Å². The van der Waals surface area contributed by atoms with E-state index in [9.17, 15) is 4.79 Å². The van der Waals surface area contributed by atoms with Gasteiger partial charge in [-0.15, -0.1) is 0 Å². The van der Waals surface area contributed by atoms with Crippen molar-refractivity contribution in [3.8, 4) is 0 Å². The summed E-state index contributed by atoms with van der Waals surface area (Å²) in [7, 11) is 0. The normalized spacial score (nSPS) is 18.9. The zero-order valence-corrected chi connectivity index (χ0v) is 13.3. The van der Waals surface area contributed by atoms with Gasteiger partial charge in [-0.1, -0.05) is 12.1 Å². The molecule has 1 fully saturated rings. The van der Waals surface area contributed by atoms with E-state index in [1.54, 1.807) is 0 Å². The highest BCUT2D eigenvalue weighted by atomic mass is 79.9. The van der Waals surface area contributed by atoms with Gasteiger partial charge in [-0.25, -0.2) is 0 Å². The number of nitrogens with two attached hydrogens (primary N) is 1. The molecule has 1 aromatic carbocycles. The quantitative estimate of drug-likeness (QED) is 0.927. The lowest BCUT2D eigenvalue weighted by Gasteiger charge is -2.34. The van der Waals surface area contributed by atoms with Gasteiger partial charge in [0.2, 0.25) is 5.91 Å². The maximum absolute atomic E-state index is 11.2. The molecule has 1 saturated heterocycles. The van der Waals surface area contributed by atoms with Crippen LogP contribution in [0.3, 0.4) is 0 Å². The Labute approximate surface area is 132 Å². The molecule has 110 valence electrons. The van der Waals surface area contributed by atoms with Crippen molar-refractivity contribution in [3.05, 3.63) is 34.9 Å². The van der Waals surface area contributed by atoms with E-state index in [1.807, 2.05) is 18.3 Å². The van der Waals surface area contributed by atoms with Gasteiger partial charge in [0.15, 0.2) is 0 Å². The van der Waals surface area contributed by atoms with Gasteiger partial charge in [0.25, 0.3) is 0 Å². The number of carbonyl (C=O) groups is 1. The first kappa shape index (κ1) is 14.3. The summed E-state index contributed by atoms with van der Waals surface area (Å²) in [6, 6.07) is 8.19. The molecule has 0 aliphatic carbocycles. The fourth-order valence-electron chi connectivity index (χ4n) is 3.14. The molecule has 0 bridgehead atoms. The number of piperidine rings is 1. The Morgan fingerprint density at radius 1 is 1.43 bits per heavy atom. The lowest BCUT2D eigenvalue weighted by molar-refractivity contribution is -0.118. The second-order valence-corrected chi connectivity index (χ2v) is 6.45. The van der Waals surface area contributed by atoms with Gasteiger partial charge >= 0.3 is 0 Å². The van der Waals surface area contributed by atoms with Crippen molar-refractivity contribution in [1.82, 2.24) is 4.98 Å². The maximum Gasteiger partial charge on any atom is 0.217 e. The highest BCUT2D eigenvalue weighted by Gasteiger charge is 2.22. The van der Waals surface area contributed by atoms with E-state index in [-0.39, 0.29) is 5.91 Å². The van der Waals surface area contributed by atoms with Crippen LogP contribution in [-0.2, 0) is 4.79 Å². The lowest BCUT2D eigenvalue weighted by atomic mass is 9.94. The van der Waals surface area contributed by atoms with Gasteiger partial charge in [0.05, 0.1) is 5.52 Å². The number of anilines is 1. The first-order chi connectivity index (χ1) is 10.1. The molecule has 21 heavy (non-hydrogen) atoms. The summed E-state index contributed by atoms with van der Waals surface area (Å²) in [6.45, 7) is 1.90. The average Bonchev–Trinajstić information content (AvgIpc) is 2.47. The summed E-state index contributed by atoms with van der Waals surface area (Å²) in [5.41, 5.74) is 7.51. The summed E-state index contributed by atoms with van der Waals surface area (Å²) in [5.74, 6) is 0.149. The highest BCUT2D eigenvalue weighted by Crippen LogP contribution is 2.32. The third-order valence-electron chi connectivity index (χ3n) is 4.05. The van der Waals surface area contributed by atoms with Crippen LogP contribution in [0, 0.1) is 5.92 Å².